The van der Waals surface area contributed by atoms with E-state index in [9.17, 15) is 4.79 Å². The van der Waals surface area contributed by atoms with Gasteiger partial charge in [-0.1, -0.05) is 26.0 Å². The van der Waals surface area contributed by atoms with Gasteiger partial charge in [-0.25, -0.2) is 4.98 Å². The lowest BCUT2D eigenvalue weighted by atomic mass is 9.73. The Bertz CT molecular complexity index is 927. The summed E-state index contributed by atoms with van der Waals surface area (Å²) in [6, 6.07) is 6.33. The number of aliphatic hydroxyl groups is 1. The van der Waals surface area contributed by atoms with Crippen molar-refractivity contribution in [3.05, 3.63) is 46.5 Å². The number of aromatic nitrogens is 2. The Morgan fingerprint density at radius 1 is 1.24 bits per heavy atom. The Kier molecular flexibility index (Phi) is 5.25. The summed E-state index contributed by atoms with van der Waals surface area (Å²) in [6.45, 7) is 11.4. The summed E-state index contributed by atoms with van der Waals surface area (Å²) < 4.78 is 2.22. The molecule has 0 atom stereocenters. The highest BCUT2D eigenvalue weighted by molar-refractivity contribution is 6.09. The van der Waals surface area contributed by atoms with E-state index in [1.54, 1.807) is 0 Å². The summed E-state index contributed by atoms with van der Waals surface area (Å²) in [5, 5.41) is 12.5. The maximum absolute atomic E-state index is 13.6. The maximum atomic E-state index is 13.6. The largest absolute Gasteiger partial charge is 0.396 e. The fraction of sp³-hybridized carbons (Fsp3) is 0.565. The number of unbranched alkanes of at least 4 members (excludes halogenated alkanes) is 1. The molecule has 4 rings (SSSR count). The van der Waals surface area contributed by atoms with Crippen molar-refractivity contribution in [2.75, 3.05) is 24.6 Å². The molecule has 1 fully saturated rings. The first-order valence-electron chi connectivity index (χ1n) is 10.7. The number of aliphatic hydroxyl groups excluding tert-OH is 1. The summed E-state index contributed by atoms with van der Waals surface area (Å²) >= 11 is 0. The molecule has 6 heteroatoms. The van der Waals surface area contributed by atoms with Crippen LogP contribution in [-0.2, 0) is 23.3 Å². The standard InChI is InChI=1S/C23H32N4O2/c1-15(2)18-8-7-9-19-21(18)23(13-24-14-23)22(29)27(19)12-20-25-16(3)17(4)26(20)10-5-6-11-28/h7-9,15,24,28H,5-6,10-14H2,1-4H3. The molecule has 1 saturated heterocycles. The van der Waals surface area contributed by atoms with Crippen LogP contribution in [0.4, 0.5) is 5.69 Å². The first kappa shape index (κ1) is 20.1. The molecule has 156 valence electrons. The molecule has 0 aliphatic carbocycles. The van der Waals surface area contributed by atoms with Crippen molar-refractivity contribution in [1.82, 2.24) is 14.9 Å². The van der Waals surface area contributed by atoms with E-state index >= 15 is 0 Å². The van der Waals surface area contributed by atoms with Gasteiger partial charge in [0.25, 0.3) is 0 Å². The van der Waals surface area contributed by atoms with Gasteiger partial charge in [0.1, 0.15) is 11.2 Å². The summed E-state index contributed by atoms with van der Waals surface area (Å²) in [4.78, 5) is 20.4. The number of benzene rings is 1. The third-order valence-corrected chi connectivity index (χ3v) is 6.60. The fourth-order valence-corrected chi connectivity index (χ4v) is 4.78. The third kappa shape index (κ3) is 3.09. The zero-order chi connectivity index (χ0) is 20.8. The SMILES string of the molecule is Cc1nc(CN2C(=O)C3(CNC3)c3c(C(C)C)cccc32)n(CCCCO)c1C. The number of fused-ring (bicyclic) bond motifs is 2. The van der Waals surface area contributed by atoms with Gasteiger partial charge >= 0.3 is 0 Å². The molecule has 3 heterocycles. The van der Waals surface area contributed by atoms with Crippen LogP contribution in [0.15, 0.2) is 18.2 Å². The minimum Gasteiger partial charge on any atom is -0.396 e. The van der Waals surface area contributed by atoms with Gasteiger partial charge in [0.05, 0.1) is 12.2 Å². The van der Waals surface area contributed by atoms with Crippen LogP contribution in [0.3, 0.4) is 0 Å². The van der Waals surface area contributed by atoms with Crippen LogP contribution in [0.25, 0.3) is 0 Å². The molecule has 2 aliphatic heterocycles. The smallest absolute Gasteiger partial charge is 0.240 e. The number of nitrogens with one attached hydrogen (secondary N) is 1. The van der Waals surface area contributed by atoms with E-state index in [0.717, 1.165) is 42.3 Å². The van der Waals surface area contributed by atoms with E-state index in [-0.39, 0.29) is 12.5 Å². The van der Waals surface area contributed by atoms with Crippen molar-refractivity contribution < 1.29 is 9.90 Å². The maximum Gasteiger partial charge on any atom is 0.240 e. The minimum atomic E-state index is -0.422. The highest BCUT2D eigenvalue weighted by Crippen LogP contribution is 2.48. The number of imidazole rings is 1. The van der Waals surface area contributed by atoms with Gasteiger partial charge in [-0.15, -0.1) is 0 Å². The second-order valence-electron chi connectivity index (χ2n) is 8.75. The Morgan fingerprint density at radius 2 is 2.00 bits per heavy atom. The van der Waals surface area contributed by atoms with E-state index in [0.29, 0.717) is 25.6 Å². The number of anilines is 1. The lowest BCUT2D eigenvalue weighted by Gasteiger charge is -2.39. The number of aryl methyl sites for hydroxylation is 1. The summed E-state index contributed by atoms with van der Waals surface area (Å²) in [5.41, 5.74) is 5.26. The number of rotatable bonds is 7. The third-order valence-electron chi connectivity index (χ3n) is 6.60. The first-order valence-corrected chi connectivity index (χ1v) is 10.7. The van der Waals surface area contributed by atoms with Crippen molar-refractivity contribution in [3.63, 3.8) is 0 Å². The monoisotopic (exact) mass is 396 g/mol. The minimum absolute atomic E-state index is 0.194. The molecular weight excluding hydrogens is 364 g/mol. The van der Waals surface area contributed by atoms with Crippen molar-refractivity contribution in [2.24, 2.45) is 0 Å². The highest BCUT2D eigenvalue weighted by atomic mass is 16.3. The van der Waals surface area contributed by atoms with Crippen molar-refractivity contribution in [1.29, 1.82) is 0 Å². The van der Waals surface area contributed by atoms with Crippen molar-refractivity contribution >= 4 is 11.6 Å². The van der Waals surface area contributed by atoms with Crippen LogP contribution in [0.1, 0.15) is 60.9 Å². The number of carbonyl (C=O) groups is 1. The second kappa shape index (κ2) is 7.58. The molecule has 29 heavy (non-hydrogen) atoms. The van der Waals surface area contributed by atoms with Crippen LogP contribution in [0.2, 0.25) is 0 Å². The molecule has 1 aromatic heterocycles. The van der Waals surface area contributed by atoms with Crippen LogP contribution < -0.4 is 10.2 Å². The number of hydrogen-bond acceptors (Lipinski definition) is 4. The zero-order valence-corrected chi connectivity index (χ0v) is 18.0. The summed E-state index contributed by atoms with van der Waals surface area (Å²) in [7, 11) is 0. The van der Waals surface area contributed by atoms with Gasteiger partial charge in [-0.3, -0.25) is 4.79 Å². The van der Waals surface area contributed by atoms with Gasteiger partial charge in [-0.05, 0) is 49.8 Å². The van der Waals surface area contributed by atoms with Gasteiger partial charge in [-0.2, -0.15) is 0 Å². The second-order valence-corrected chi connectivity index (χ2v) is 8.75. The summed E-state index contributed by atoms with van der Waals surface area (Å²) in [5.74, 6) is 1.50. The molecule has 1 amide bonds. The molecule has 6 nitrogen and oxygen atoms in total. The Balaban J connectivity index is 1.72. The van der Waals surface area contributed by atoms with Crippen molar-refractivity contribution in [2.45, 2.75) is 65.0 Å². The average Bonchev–Trinajstić information content (AvgIpc) is 3.07. The average molecular weight is 397 g/mol. The highest BCUT2D eigenvalue weighted by Gasteiger charge is 2.56. The molecule has 0 radical (unpaired) electrons. The van der Waals surface area contributed by atoms with Crippen LogP contribution in [0, 0.1) is 13.8 Å². The number of carbonyl (C=O) groups excluding carboxylic acids is 1. The zero-order valence-electron chi connectivity index (χ0n) is 18.0. The Hall–Kier alpha value is -2.18. The van der Waals surface area contributed by atoms with E-state index in [1.165, 1.54) is 11.1 Å². The van der Waals surface area contributed by atoms with E-state index < -0.39 is 5.41 Å². The molecule has 0 bridgehead atoms. The molecule has 1 spiro atoms. The number of nitrogens with zero attached hydrogens (tertiary/aromatic N) is 3. The fourth-order valence-electron chi connectivity index (χ4n) is 4.78. The van der Waals surface area contributed by atoms with Crippen molar-refractivity contribution in [3.8, 4) is 0 Å². The topological polar surface area (TPSA) is 70.4 Å². The van der Waals surface area contributed by atoms with Crippen LogP contribution >= 0.6 is 0 Å². The first-order chi connectivity index (χ1) is 13.9. The van der Waals surface area contributed by atoms with Gasteiger partial charge in [0, 0.05) is 37.6 Å². The molecule has 2 N–H and O–H groups in total. The van der Waals surface area contributed by atoms with E-state index in [4.69, 9.17) is 10.1 Å². The Labute approximate surface area is 172 Å². The number of hydrogen-bond donors (Lipinski definition) is 2. The van der Waals surface area contributed by atoms with Gasteiger partial charge < -0.3 is 19.9 Å². The van der Waals surface area contributed by atoms with Gasteiger partial charge in [0.2, 0.25) is 5.91 Å². The molecule has 0 saturated carbocycles. The molecule has 2 aliphatic rings. The van der Waals surface area contributed by atoms with E-state index in [2.05, 4.69) is 48.9 Å². The predicted octanol–water partition coefficient (Wildman–Crippen LogP) is 2.78. The molecule has 2 aromatic rings. The quantitative estimate of drug-likeness (QED) is 0.706. The van der Waals surface area contributed by atoms with E-state index in [1.807, 2.05) is 11.8 Å². The van der Waals surface area contributed by atoms with Crippen LogP contribution in [-0.4, -0.2) is 40.3 Å². The molecule has 1 aromatic carbocycles. The van der Waals surface area contributed by atoms with Crippen LogP contribution in [0.5, 0.6) is 0 Å². The molecule has 0 unspecified atom stereocenters. The lowest BCUT2D eigenvalue weighted by Crippen LogP contribution is -2.62. The predicted molar refractivity (Wildman–Crippen MR) is 114 cm³/mol. The lowest BCUT2D eigenvalue weighted by molar-refractivity contribution is -0.125. The van der Waals surface area contributed by atoms with Gasteiger partial charge in [0.15, 0.2) is 0 Å². The molecular formula is C23H32N4O2. The Morgan fingerprint density at radius 3 is 2.62 bits per heavy atom. The summed E-state index contributed by atoms with van der Waals surface area (Å²) in [6.07, 6.45) is 1.67. The number of amides is 1. The normalized spacial score (nSPS) is 17.3.